The Kier molecular flexibility index (Phi) is 4.53. The number of rotatable bonds is 4. The van der Waals surface area contributed by atoms with Gasteiger partial charge in [0.05, 0.1) is 16.6 Å². The molecule has 1 heterocycles. The average Bonchev–Trinajstić information content (AvgIpc) is 2.55. The van der Waals surface area contributed by atoms with Gasteiger partial charge in [0.2, 0.25) is 0 Å². The molecule has 2 aromatic carbocycles. The Labute approximate surface area is 140 Å². The van der Waals surface area contributed by atoms with E-state index in [4.69, 9.17) is 4.98 Å². The highest BCUT2D eigenvalue weighted by Crippen LogP contribution is 2.25. The van der Waals surface area contributed by atoms with E-state index in [1.54, 1.807) is 16.3 Å². The molecule has 3 aromatic rings. The smallest absolute Gasteiger partial charge is 0.266 e. The standard InChI is InChI=1S/C19H20N2OS/c1-4-12-23-19-20-16-11-6-5-10-15(16)18(22)21(19)17-13(2)8-7-9-14(17)3/h5-11H,4,12H2,1-3H3. The third kappa shape index (κ3) is 2.91. The van der Waals surface area contributed by atoms with Crippen LogP contribution in [-0.2, 0) is 0 Å². The van der Waals surface area contributed by atoms with Crippen LogP contribution in [0.5, 0.6) is 0 Å². The topological polar surface area (TPSA) is 34.9 Å². The molecule has 3 rings (SSSR count). The number of benzene rings is 2. The van der Waals surface area contributed by atoms with Crippen LogP contribution in [0, 0.1) is 13.8 Å². The molecule has 0 saturated carbocycles. The van der Waals surface area contributed by atoms with Crippen molar-refractivity contribution in [3.8, 4) is 5.69 Å². The molecule has 0 aliphatic heterocycles. The number of fused-ring (bicyclic) bond motifs is 1. The van der Waals surface area contributed by atoms with Crippen LogP contribution < -0.4 is 5.56 Å². The molecule has 3 nitrogen and oxygen atoms in total. The Morgan fingerprint density at radius 3 is 2.43 bits per heavy atom. The van der Waals surface area contributed by atoms with Gasteiger partial charge in [0.25, 0.3) is 5.56 Å². The lowest BCUT2D eigenvalue weighted by Gasteiger charge is -2.17. The average molecular weight is 324 g/mol. The van der Waals surface area contributed by atoms with Crippen LogP contribution in [0.3, 0.4) is 0 Å². The third-order valence-electron chi connectivity index (χ3n) is 3.84. The number of aryl methyl sites for hydroxylation is 2. The maximum Gasteiger partial charge on any atom is 0.266 e. The Morgan fingerprint density at radius 2 is 1.74 bits per heavy atom. The Balaban J connectivity index is 2.37. The van der Waals surface area contributed by atoms with Gasteiger partial charge in [-0.15, -0.1) is 0 Å². The summed E-state index contributed by atoms with van der Waals surface area (Å²) in [4.78, 5) is 17.9. The number of aromatic nitrogens is 2. The van der Waals surface area contributed by atoms with Crippen molar-refractivity contribution >= 4 is 22.7 Å². The van der Waals surface area contributed by atoms with Gasteiger partial charge in [-0.1, -0.05) is 49.0 Å². The lowest BCUT2D eigenvalue weighted by Crippen LogP contribution is -2.23. The van der Waals surface area contributed by atoms with Gasteiger partial charge >= 0.3 is 0 Å². The normalized spacial score (nSPS) is 11.1. The molecule has 0 radical (unpaired) electrons. The van der Waals surface area contributed by atoms with E-state index in [0.29, 0.717) is 5.39 Å². The highest BCUT2D eigenvalue weighted by atomic mass is 32.2. The van der Waals surface area contributed by atoms with Crippen LogP contribution in [0.2, 0.25) is 0 Å². The Hall–Kier alpha value is -2.07. The minimum Gasteiger partial charge on any atom is -0.268 e. The molecular weight excluding hydrogens is 304 g/mol. The highest BCUT2D eigenvalue weighted by molar-refractivity contribution is 7.99. The van der Waals surface area contributed by atoms with E-state index in [0.717, 1.165) is 39.7 Å². The molecule has 118 valence electrons. The van der Waals surface area contributed by atoms with Crippen molar-refractivity contribution in [3.05, 3.63) is 63.9 Å². The van der Waals surface area contributed by atoms with Crippen molar-refractivity contribution in [1.29, 1.82) is 0 Å². The van der Waals surface area contributed by atoms with E-state index in [-0.39, 0.29) is 5.56 Å². The van der Waals surface area contributed by atoms with Crippen LogP contribution in [0.4, 0.5) is 0 Å². The number of thioether (sulfide) groups is 1. The van der Waals surface area contributed by atoms with Crippen LogP contribution in [0.1, 0.15) is 24.5 Å². The van der Waals surface area contributed by atoms with Gasteiger partial charge in [-0.2, -0.15) is 0 Å². The zero-order valence-corrected chi connectivity index (χ0v) is 14.5. The molecule has 0 spiro atoms. The summed E-state index contributed by atoms with van der Waals surface area (Å²) in [5.74, 6) is 0.940. The first kappa shape index (κ1) is 15.8. The summed E-state index contributed by atoms with van der Waals surface area (Å²) in [7, 11) is 0. The summed E-state index contributed by atoms with van der Waals surface area (Å²) in [6, 6.07) is 13.7. The van der Waals surface area contributed by atoms with E-state index < -0.39 is 0 Å². The molecule has 0 bridgehead atoms. The maximum absolute atomic E-state index is 13.1. The van der Waals surface area contributed by atoms with Crippen molar-refractivity contribution in [2.24, 2.45) is 0 Å². The second-order valence-corrected chi connectivity index (χ2v) is 6.70. The van der Waals surface area contributed by atoms with E-state index in [1.807, 2.05) is 56.3 Å². The first-order valence-corrected chi connectivity index (χ1v) is 8.83. The Bertz CT molecular complexity index is 895. The van der Waals surface area contributed by atoms with Crippen LogP contribution in [-0.4, -0.2) is 15.3 Å². The minimum absolute atomic E-state index is 0.00611. The van der Waals surface area contributed by atoms with Crippen LogP contribution in [0.25, 0.3) is 16.6 Å². The molecule has 0 aliphatic carbocycles. The van der Waals surface area contributed by atoms with E-state index >= 15 is 0 Å². The number of hydrogen-bond donors (Lipinski definition) is 0. The molecule has 0 saturated heterocycles. The fourth-order valence-corrected chi connectivity index (χ4v) is 3.61. The lowest BCUT2D eigenvalue weighted by molar-refractivity contribution is 0.808. The van der Waals surface area contributed by atoms with Crippen molar-refractivity contribution in [1.82, 2.24) is 9.55 Å². The van der Waals surface area contributed by atoms with Gasteiger partial charge in [-0.25, -0.2) is 4.98 Å². The number of nitrogens with zero attached hydrogens (tertiary/aromatic N) is 2. The second kappa shape index (κ2) is 6.59. The van der Waals surface area contributed by atoms with E-state index in [9.17, 15) is 4.79 Å². The van der Waals surface area contributed by atoms with Gasteiger partial charge in [-0.3, -0.25) is 9.36 Å². The third-order valence-corrected chi connectivity index (χ3v) is 4.99. The molecule has 0 N–H and O–H groups in total. The van der Waals surface area contributed by atoms with Gasteiger partial charge < -0.3 is 0 Å². The van der Waals surface area contributed by atoms with Gasteiger partial charge in [0, 0.05) is 5.75 Å². The van der Waals surface area contributed by atoms with Gasteiger partial charge in [0.15, 0.2) is 5.16 Å². The molecule has 23 heavy (non-hydrogen) atoms. The Morgan fingerprint density at radius 1 is 1.04 bits per heavy atom. The highest BCUT2D eigenvalue weighted by Gasteiger charge is 2.15. The summed E-state index contributed by atoms with van der Waals surface area (Å²) in [5.41, 5.74) is 3.89. The van der Waals surface area contributed by atoms with E-state index in [1.165, 1.54) is 0 Å². The fourth-order valence-electron chi connectivity index (χ4n) is 2.76. The SMILES string of the molecule is CCCSc1nc2ccccc2c(=O)n1-c1c(C)cccc1C. The van der Waals surface area contributed by atoms with Gasteiger partial charge in [0.1, 0.15) is 0 Å². The number of hydrogen-bond acceptors (Lipinski definition) is 3. The van der Waals surface area contributed by atoms with Crippen molar-refractivity contribution in [3.63, 3.8) is 0 Å². The molecule has 1 aromatic heterocycles. The molecule has 0 fully saturated rings. The van der Waals surface area contributed by atoms with Crippen LogP contribution in [0.15, 0.2) is 52.4 Å². The zero-order chi connectivity index (χ0) is 16.4. The van der Waals surface area contributed by atoms with Gasteiger partial charge in [-0.05, 0) is 43.5 Å². The molecule has 4 heteroatoms. The van der Waals surface area contributed by atoms with Crippen molar-refractivity contribution < 1.29 is 0 Å². The van der Waals surface area contributed by atoms with Crippen molar-refractivity contribution in [2.45, 2.75) is 32.3 Å². The van der Waals surface area contributed by atoms with Crippen LogP contribution >= 0.6 is 11.8 Å². The molecular formula is C19H20N2OS. The first-order chi connectivity index (χ1) is 11.1. The molecule has 0 amide bonds. The zero-order valence-electron chi connectivity index (χ0n) is 13.7. The number of para-hydroxylation sites is 2. The predicted molar refractivity (Wildman–Crippen MR) is 97.8 cm³/mol. The second-order valence-electron chi connectivity index (χ2n) is 5.64. The molecule has 0 atom stereocenters. The summed E-state index contributed by atoms with van der Waals surface area (Å²) in [5, 5.41) is 1.43. The predicted octanol–water partition coefficient (Wildman–Crippen LogP) is 4.50. The summed E-state index contributed by atoms with van der Waals surface area (Å²) in [6.45, 7) is 6.21. The summed E-state index contributed by atoms with van der Waals surface area (Å²) in [6.07, 6.45) is 1.04. The van der Waals surface area contributed by atoms with Crippen molar-refractivity contribution in [2.75, 3.05) is 5.75 Å². The minimum atomic E-state index is 0.00611. The largest absolute Gasteiger partial charge is 0.268 e. The summed E-state index contributed by atoms with van der Waals surface area (Å²) >= 11 is 1.64. The fraction of sp³-hybridized carbons (Fsp3) is 0.263. The molecule has 0 unspecified atom stereocenters. The van der Waals surface area contributed by atoms with E-state index in [2.05, 4.69) is 6.92 Å². The lowest BCUT2D eigenvalue weighted by atomic mass is 10.1. The monoisotopic (exact) mass is 324 g/mol. The quantitative estimate of drug-likeness (QED) is 0.523. The summed E-state index contributed by atoms with van der Waals surface area (Å²) < 4.78 is 1.79. The first-order valence-electron chi connectivity index (χ1n) is 7.84. The maximum atomic E-state index is 13.1. The molecule has 0 aliphatic rings.